The fraction of sp³-hybridized carbons (Fsp3) is 0.200. The van der Waals surface area contributed by atoms with Crippen molar-refractivity contribution >= 4 is 55.3 Å². The van der Waals surface area contributed by atoms with Crippen molar-refractivity contribution in [2.75, 3.05) is 5.32 Å². The normalized spacial score (nSPS) is 13.8. The van der Waals surface area contributed by atoms with Crippen LogP contribution in [0.25, 0.3) is 10.9 Å². The first kappa shape index (κ1) is 20.3. The summed E-state index contributed by atoms with van der Waals surface area (Å²) in [5, 5.41) is 3.69. The number of anilines is 1. The molecule has 1 aliphatic rings. The van der Waals surface area contributed by atoms with Crippen LogP contribution in [0.3, 0.4) is 0 Å². The van der Waals surface area contributed by atoms with Crippen LogP contribution in [-0.2, 0) is 26.2 Å². The van der Waals surface area contributed by atoms with Gasteiger partial charge in [0.1, 0.15) is 22.3 Å². The number of aromatic nitrogens is 1. The first-order valence-corrected chi connectivity index (χ1v) is 11.5. The molecular weight excluding hydrogens is 422 g/mol. The second-order valence-corrected chi connectivity index (χ2v) is 9.31. The van der Waals surface area contributed by atoms with Gasteiger partial charge in [0, 0.05) is 11.6 Å². The van der Waals surface area contributed by atoms with Crippen molar-refractivity contribution in [1.29, 1.82) is 0 Å². The van der Waals surface area contributed by atoms with E-state index in [2.05, 4.69) is 23.7 Å². The van der Waals surface area contributed by atoms with E-state index in [1.54, 1.807) is 38.2 Å². The van der Waals surface area contributed by atoms with Crippen molar-refractivity contribution in [2.45, 2.75) is 24.8 Å². The quantitative estimate of drug-likeness (QED) is 0.472. The molecule has 1 aromatic heterocycles. The van der Waals surface area contributed by atoms with Crippen molar-refractivity contribution in [2.24, 2.45) is 14.6 Å². The smallest absolute Gasteiger partial charge is 0.243 e. The molecule has 1 atom stereocenters. The first-order valence-electron chi connectivity index (χ1n) is 9.25. The van der Waals surface area contributed by atoms with Gasteiger partial charge in [-0.3, -0.25) is 9.78 Å². The highest BCUT2D eigenvalue weighted by molar-refractivity contribution is 7.89. The molecule has 0 unspecified atom stereocenters. The number of hydrogen-bond acceptors (Lipinski definition) is 6. The van der Waals surface area contributed by atoms with Crippen molar-refractivity contribution in [3.05, 3.63) is 54.7 Å². The molecule has 2 N–H and O–H groups in total. The molecule has 0 radical (unpaired) electrons. The zero-order valence-electron chi connectivity index (χ0n) is 16.2. The summed E-state index contributed by atoms with van der Waals surface area (Å²) < 4.78 is 36.8. The number of nitrogens with one attached hydrogen (secondary N) is 2. The minimum atomic E-state index is -4.00. The van der Waals surface area contributed by atoms with Gasteiger partial charge >= 0.3 is 0 Å². The van der Waals surface area contributed by atoms with Gasteiger partial charge in [0.2, 0.25) is 15.9 Å². The highest BCUT2D eigenvalue weighted by Crippen LogP contribution is 2.37. The molecule has 0 bridgehead atoms. The lowest BCUT2D eigenvalue weighted by Crippen LogP contribution is -2.47. The van der Waals surface area contributed by atoms with Crippen LogP contribution in [0.5, 0.6) is 0 Å². The molecule has 2 aromatic carbocycles. The fourth-order valence-corrected chi connectivity index (χ4v) is 5.25. The number of para-hydroxylation sites is 1. The number of benzene rings is 2. The molecule has 0 saturated heterocycles. The van der Waals surface area contributed by atoms with Crippen LogP contribution < -0.4 is 10.0 Å². The zero-order chi connectivity index (χ0) is 21.3. The number of nitrogens with zero attached hydrogens (tertiary/aromatic N) is 3. The summed E-state index contributed by atoms with van der Waals surface area (Å²) in [5.41, 5.74) is 1.94. The van der Waals surface area contributed by atoms with Crippen LogP contribution >= 0.6 is 0 Å². The van der Waals surface area contributed by atoms with Gasteiger partial charge in [0.15, 0.2) is 0 Å². The van der Waals surface area contributed by atoms with Gasteiger partial charge < -0.3 is 5.32 Å². The van der Waals surface area contributed by atoms with E-state index in [4.69, 9.17) is 0 Å². The monoisotopic (exact) mass is 441 g/mol. The summed E-state index contributed by atoms with van der Waals surface area (Å²) in [6.45, 7) is 3.55. The summed E-state index contributed by atoms with van der Waals surface area (Å²) in [4.78, 5) is 17.3. The van der Waals surface area contributed by atoms with Crippen LogP contribution in [0.15, 0.2) is 68.3 Å². The lowest BCUT2D eigenvalue weighted by molar-refractivity contribution is -0.118. The van der Waals surface area contributed by atoms with E-state index in [1.165, 1.54) is 6.07 Å². The van der Waals surface area contributed by atoms with Gasteiger partial charge in [0.25, 0.3) is 0 Å². The third kappa shape index (κ3) is 3.89. The van der Waals surface area contributed by atoms with Gasteiger partial charge in [-0.05, 0) is 30.2 Å². The average Bonchev–Trinajstić information content (AvgIpc) is 3.21. The lowest BCUT2D eigenvalue weighted by atomic mass is 10.0. The third-order valence-corrected chi connectivity index (χ3v) is 6.68. The van der Waals surface area contributed by atoms with E-state index >= 15 is 0 Å². The Hall–Kier alpha value is -2.95. The highest BCUT2D eigenvalue weighted by atomic mass is 32.2. The van der Waals surface area contributed by atoms with Crippen molar-refractivity contribution in [1.82, 2.24) is 9.71 Å². The third-order valence-electron chi connectivity index (χ3n) is 4.66. The number of carbonyl (C=O) groups excluding carboxylic acids is 1. The van der Waals surface area contributed by atoms with Crippen molar-refractivity contribution < 1.29 is 13.2 Å². The average molecular weight is 442 g/mol. The summed E-state index contributed by atoms with van der Waals surface area (Å²) in [7, 11) is -4.00. The minimum absolute atomic E-state index is 0.000900. The molecule has 0 saturated carbocycles. The Balaban J connectivity index is 1.62. The predicted octanol–water partition coefficient (Wildman–Crippen LogP) is 3.90. The standard InChI is InChI=1S/C20H19N5O3S2/c1-12(2)17(20(26)22-14-8-3-6-13-7-5-11-21-18(13)14)25-30(27,28)16-10-4-9-15-19(16)24-29-23-15/h3-12,17,25H,1-2H3,(H,22,26)/t17-/m0/s1. The second kappa shape index (κ2) is 8.05. The Labute approximate surface area is 177 Å². The predicted molar refractivity (Wildman–Crippen MR) is 117 cm³/mol. The molecule has 8 nitrogen and oxygen atoms in total. The van der Waals surface area contributed by atoms with E-state index < -0.39 is 22.0 Å². The molecule has 0 aliphatic carbocycles. The maximum atomic E-state index is 13.1. The molecule has 30 heavy (non-hydrogen) atoms. The topological polar surface area (TPSA) is 113 Å². The second-order valence-electron chi connectivity index (χ2n) is 7.10. The van der Waals surface area contributed by atoms with E-state index in [-0.39, 0.29) is 16.5 Å². The molecule has 3 aromatic rings. The van der Waals surface area contributed by atoms with Crippen LogP contribution in [0, 0.1) is 5.92 Å². The number of sulfonamides is 1. The van der Waals surface area contributed by atoms with E-state index in [0.717, 1.165) is 16.7 Å². The Morgan fingerprint density at radius 3 is 2.60 bits per heavy atom. The number of fused-ring (bicyclic) bond motifs is 2. The number of rotatable bonds is 6. The summed E-state index contributed by atoms with van der Waals surface area (Å²) in [5.74, 6) is -0.759. The molecular formula is C20H19N5O3S2. The van der Waals surface area contributed by atoms with Crippen LogP contribution in [0.2, 0.25) is 0 Å². The largest absolute Gasteiger partial charge is 0.323 e. The molecule has 0 spiro atoms. The molecule has 2 heterocycles. The number of hydrogen-bond donors (Lipinski definition) is 2. The number of amides is 1. The number of carbonyl (C=O) groups is 1. The Morgan fingerprint density at radius 1 is 1.03 bits per heavy atom. The Morgan fingerprint density at radius 2 is 1.80 bits per heavy atom. The molecule has 10 heteroatoms. The first-order chi connectivity index (χ1) is 14.4. The molecule has 154 valence electrons. The molecule has 1 aliphatic heterocycles. The maximum absolute atomic E-state index is 13.1. The van der Waals surface area contributed by atoms with Crippen LogP contribution in [-0.4, -0.2) is 25.4 Å². The van der Waals surface area contributed by atoms with E-state index in [0.29, 0.717) is 16.9 Å². The summed E-state index contributed by atoms with van der Waals surface area (Å²) in [6.07, 6.45) is 1.64. The highest BCUT2D eigenvalue weighted by Gasteiger charge is 2.31. The minimum Gasteiger partial charge on any atom is -0.323 e. The fourth-order valence-electron chi connectivity index (χ4n) is 3.14. The molecule has 4 rings (SSSR count). The van der Waals surface area contributed by atoms with Gasteiger partial charge in [-0.15, -0.1) is 0 Å². The Bertz CT molecular complexity index is 1310. The van der Waals surface area contributed by atoms with Gasteiger partial charge in [-0.2, -0.15) is 13.4 Å². The number of pyridine rings is 1. The molecule has 0 fully saturated rings. The van der Waals surface area contributed by atoms with Gasteiger partial charge in [0.05, 0.1) is 22.6 Å². The Kier molecular flexibility index (Phi) is 5.46. The van der Waals surface area contributed by atoms with Gasteiger partial charge in [-0.1, -0.05) is 38.1 Å². The van der Waals surface area contributed by atoms with E-state index in [1.807, 2.05) is 24.3 Å². The summed E-state index contributed by atoms with van der Waals surface area (Å²) >= 11 is 0.939. The van der Waals surface area contributed by atoms with E-state index in [9.17, 15) is 13.2 Å². The van der Waals surface area contributed by atoms with Gasteiger partial charge in [-0.25, -0.2) is 8.42 Å². The lowest BCUT2D eigenvalue weighted by Gasteiger charge is -2.22. The SMILES string of the molecule is CC(C)[C@H](NS(=O)(=O)c1cccc2c1N=S=N2)C(=O)Nc1cccc2cccnc12. The zero-order valence-corrected chi connectivity index (χ0v) is 17.9. The van der Waals surface area contributed by atoms with Crippen molar-refractivity contribution in [3.8, 4) is 0 Å². The summed E-state index contributed by atoms with van der Waals surface area (Å²) in [6, 6.07) is 12.9. The van der Waals surface area contributed by atoms with Crippen molar-refractivity contribution in [3.63, 3.8) is 0 Å². The van der Waals surface area contributed by atoms with Crippen LogP contribution in [0.4, 0.5) is 17.1 Å². The molecule has 1 amide bonds. The maximum Gasteiger partial charge on any atom is 0.243 e. The van der Waals surface area contributed by atoms with Crippen LogP contribution in [0.1, 0.15) is 13.8 Å².